The van der Waals surface area contributed by atoms with Gasteiger partial charge in [-0.05, 0) is 13.8 Å². The Morgan fingerprint density at radius 2 is 2.33 bits per heavy atom. The largest absolute Gasteiger partial charge is 0.360 e. The van der Waals surface area contributed by atoms with Crippen molar-refractivity contribution in [1.29, 1.82) is 0 Å². The van der Waals surface area contributed by atoms with Gasteiger partial charge in [-0.15, -0.1) is 0 Å². The van der Waals surface area contributed by atoms with Crippen molar-refractivity contribution < 1.29 is 0 Å². The van der Waals surface area contributed by atoms with Gasteiger partial charge in [-0.25, -0.2) is 4.98 Å². The molecule has 0 aromatic carbocycles. The van der Waals surface area contributed by atoms with Gasteiger partial charge in [0.15, 0.2) is 5.82 Å². The highest BCUT2D eigenvalue weighted by molar-refractivity contribution is 5.33. The zero-order valence-electron chi connectivity index (χ0n) is 9.03. The molecular formula is C10H16N4O. The first-order valence-corrected chi connectivity index (χ1v) is 5.23. The van der Waals surface area contributed by atoms with Gasteiger partial charge >= 0.3 is 0 Å². The van der Waals surface area contributed by atoms with E-state index in [0.29, 0.717) is 11.9 Å². The van der Waals surface area contributed by atoms with Crippen LogP contribution < -0.4 is 16.2 Å². The predicted octanol–water partition coefficient (Wildman–Crippen LogP) is 0.208. The Kier molecular flexibility index (Phi) is 2.73. The molecule has 82 valence electrons. The first-order valence-electron chi connectivity index (χ1n) is 5.23. The topological polar surface area (TPSA) is 59.0 Å². The highest BCUT2D eigenvalue weighted by atomic mass is 16.1. The van der Waals surface area contributed by atoms with Crippen LogP contribution in [0.5, 0.6) is 0 Å². The molecule has 0 aliphatic carbocycles. The Bertz CT molecular complexity index is 395. The van der Waals surface area contributed by atoms with Gasteiger partial charge in [0.25, 0.3) is 5.56 Å². The van der Waals surface area contributed by atoms with Crippen LogP contribution in [-0.2, 0) is 0 Å². The molecule has 0 unspecified atom stereocenters. The molecule has 1 fully saturated rings. The van der Waals surface area contributed by atoms with Gasteiger partial charge in [-0.2, -0.15) is 0 Å². The summed E-state index contributed by atoms with van der Waals surface area (Å²) in [7, 11) is 0. The SMILES string of the molecule is CC(C)n1ccnc(NC2CNC2)c1=O. The first-order chi connectivity index (χ1) is 7.18. The fourth-order valence-corrected chi connectivity index (χ4v) is 1.51. The monoisotopic (exact) mass is 208 g/mol. The standard InChI is InChI=1S/C10H16N4O/c1-7(2)14-4-3-12-9(10(14)15)13-8-5-11-6-8/h3-4,7-8,11H,5-6H2,1-2H3,(H,12,13). The van der Waals surface area contributed by atoms with Crippen molar-refractivity contribution in [1.82, 2.24) is 14.9 Å². The summed E-state index contributed by atoms with van der Waals surface area (Å²) >= 11 is 0. The minimum atomic E-state index is -0.0422. The Labute approximate surface area is 88.5 Å². The average molecular weight is 208 g/mol. The molecule has 0 amide bonds. The molecule has 5 heteroatoms. The highest BCUT2D eigenvalue weighted by Gasteiger charge is 2.18. The van der Waals surface area contributed by atoms with Crippen molar-refractivity contribution in [3.63, 3.8) is 0 Å². The van der Waals surface area contributed by atoms with Gasteiger partial charge in [0, 0.05) is 31.5 Å². The van der Waals surface area contributed by atoms with E-state index >= 15 is 0 Å². The fraction of sp³-hybridized carbons (Fsp3) is 0.600. The summed E-state index contributed by atoms with van der Waals surface area (Å²) < 4.78 is 1.68. The van der Waals surface area contributed by atoms with Crippen molar-refractivity contribution >= 4 is 5.82 Å². The van der Waals surface area contributed by atoms with Crippen LogP contribution >= 0.6 is 0 Å². The fourth-order valence-electron chi connectivity index (χ4n) is 1.51. The van der Waals surface area contributed by atoms with Crippen LogP contribution in [0, 0.1) is 0 Å². The Morgan fingerprint density at radius 3 is 2.87 bits per heavy atom. The third kappa shape index (κ3) is 2.02. The molecular weight excluding hydrogens is 192 g/mol. The van der Waals surface area contributed by atoms with Crippen molar-refractivity contribution in [3.05, 3.63) is 22.7 Å². The summed E-state index contributed by atoms with van der Waals surface area (Å²) in [6.07, 6.45) is 3.38. The quantitative estimate of drug-likeness (QED) is 0.745. The maximum absolute atomic E-state index is 11.9. The molecule has 0 spiro atoms. The van der Waals surface area contributed by atoms with E-state index in [2.05, 4.69) is 15.6 Å². The number of hydrogen-bond acceptors (Lipinski definition) is 4. The normalized spacial score (nSPS) is 16.5. The molecule has 1 aliphatic heterocycles. The first kappa shape index (κ1) is 10.2. The summed E-state index contributed by atoms with van der Waals surface area (Å²) in [5.41, 5.74) is -0.0422. The van der Waals surface area contributed by atoms with E-state index in [1.807, 2.05) is 13.8 Å². The lowest BCUT2D eigenvalue weighted by Crippen LogP contribution is -2.52. The van der Waals surface area contributed by atoms with Crippen LogP contribution in [0.1, 0.15) is 19.9 Å². The zero-order chi connectivity index (χ0) is 10.8. The summed E-state index contributed by atoms with van der Waals surface area (Å²) in [6, 6.07) is 0.508. The van der Waals surface area contributed by atoms with Crippen molar-refractivity contribution in [2.24, 2.45) is 0 Å². The summed E-state index contributed by atoms with van der Waals surface area (Å²) in [5, 5.41) is 6.27. The number of nitrogens with zero attached hydrogens (tertiary/aromatic N) is 2. The van der Waals surface area contributed by atoms with Crippen molar-refractivity contribution in [2.75, 3.05) is 18.4 Å². The maximum atomic E-state index is 11.9. The molecule has 2 heterocycles. The van der Waals surface area contributed by atoms with E-state index in [0.717, 1.165) is 13.1 Å². The Morgan fingerprint density at radius 1 is 1.60 bits per heavy atom. The second kappa shape index (κ2) is 4.02. The van der Waals surface area contributed by atoms with E-state index in [4.69, 9.17) is 0 Å². The van der Waals surface area contributed by atoms with Crippen LogP contribution in [0.3, 0.4) is 0 Å². The number of hydrogen-bond donors (Lipinski definition) is 2. The van der Waals surface area contributed by atoms with Crippen molar-refractivity contribution in [2.45, 2.75) is 25.9 Å². The van der Waals surface area contributed by atoms with E-state index < -0.39 is 0 Å². The van der Waals surface area contributed by atoms with E-state index in [9.17, 15) is 4.79 Å². The second-order valence-electron chi connectivity index (χ2n) is 4.08. The van der Waals surface area contributed by atoms with Gasteiger partial charge in [-0.3, -0.25) is 4.79 Å². The van der Waals surface area contributed by atoms with Gasteiger partial charge in [-0.1, -0.05) is 0 Å². The lowest BCUT2D eigenvalue weighted by Gasteiger charge is -2.28. The molecule has 0 atom stereocenters. The third-order valence-electron chi connectivity index (χ3n) is 2.55. The van der Waals surface area contributed by atoms with Crippen LogP contribution in [0.15, 0.2) is 17.2 Å². The summed E-state index contributed by atoms with van der Waals surface area (Å²) in [5.74, 6) is 0.456. The van der Waals surface area contributed by atoms with Crippen LogP contribution in [0.25, 0.3) is 0 Å². The van der Waals surface area contributed by atoms with Crippen LogP contribution in [0.4, 0.5) is 5.82 Å². The lowest BCUT2D eigenvalue weighted by molar-refractivity contribution is 0.469. The van der Waals surface area contributed by atoms with E-state index in [-0.39, 0.29) is 11.6 Å². The lowest BCUT2D eigenvalue weighted by atomic mass is 10.2. The van der Waals surface area contributed by atoms with Crippen LogP contribution in [0.2, 0.25) is 0 Å². The Hall–Kier alpha value is -1.36. The molecule has 0 radical (unpaired) electrons. The molecule has 1 aromatic rings. The van der Waals surface area contributed by atoms with E-state index in [1.54, 1.807) is 17.0 Å². The van der Waals surface area contributed by atoms with Gasteiger partial charge in [0.1, 0.15) is 0 Å². The maximum Gasteiger partial charge on any atom is 0.293 e. The highest BCUT2D eigenvalue weighted by Crippen LogP contribution is 2.04. The summed E-state index contributed by atoms with van der Waals surface area (Å²) in [6.45, 7) is 5.77. The zero-order valence-corrected chi connectivity index (χ0v) is 9.03. The Balaban J connectivity index is 2.23. The number of aromatic nitrogens is 2. The minimum Gasteiger partial charge on any atom is -0.360 e. The number of rotatable bonds is 3. The predicted molar refractivity (Wildman–Crippen MR) is 59.2 cm³/mol. The molecule has 15 heavy (non-hydrogen) atoms. The smallest absolute Gasteiger partial charge is 0.293 e. The molecule has 2 N–H and O–H groups in total. The van der Waals surface area contributed by atoms with Gasteiger partial charge in [0.05, 0.1) is 6.04 Å². The molecule has 1 aromatic heterocycles. The third-order valence-corrected chi connectivity index (χ3v) is 2.55. The molecule has 0 bridgehead atoms. The number of anilines is 1. The van der Waals surface area contributed by atoms with Gasteiger partial charge in [0.2, 0.25) is 0 Å². The molecule has 0 saturated carbocycles. The molecule has 1 saturated heterocycles. The average Bonchev–Trinajstić information content (AvgIpc) is 2.13. The molecule has 1 aliphatic rings. The van der Waals surface area contributed by atoms with Gasteiger partial charge < -0.3 is 15.2 Å². The second-order valence-corrected chi connectivity index (χ2v) is 4.08. The number of nitrogens with one attached hydrogen (secondary N) is 2. The molecule has 5 nitrogen and oxygen atoms in total. The van der Waals surface area contributed by atoms with E-state index in [1.165, 1.54) is 0 Å². The van der Waals surface area contributed by atoms with Crippen molar-refractivity contribution in [3.8, 4) is 0 Å². The molecule has 2 rings (SSSR count). The minimum absolute atomic E-state index is 0.0422. The summed E-state index contributed by atoms with van der Waals surface area (Å²) in [4.78, 5) is 16.0. The van der Waals surface area contributed by atoms with Crippen LogP contribution in [-0.4, -0.2) is 28.7 Å².